The van der Waals surface area contributed by atoms with Crippen molar-refractivity contribution < 1.29 is 14.4 Å². The lowest BCUT2D eigenvalue weighted by Crippen LogP contribution is -2.55. The number of halogens is 1. The summed E-state index contributed by atoms with van der Waals surface area (Å²) in [5.74, 6) is -0.501. The van der Waals surface area contributed by atoms with Crippen molar-refractivity contribution in [2.24, 2.45) is 5.92 Å². The van der Waals surface area contributed by atoms with E-state index in [1.54, 1.807) is 6.07 Å². The third-order valence-corrected chi connectivity index (χ3v) is 8.40. The molecule has 3 N–H and O–H groups in total. The van der Waals surface area contributed by atoms with Crippen molar-refractivity contribution >= 4 is 50.9 Å². The van der Waals surface area contributed by atoms with Gasteiger partial charge in [-0.05, 0) is 50.0 Å². The fourth-order valence-corrected chi connectivity index (χ4v) is 6.22. The Morgan fingerprint density at radius 2 is 1.87 bits per heavy atom. The van der Waals surface area contributed by atoms with Crippen LogP contribution < -0.4 is 16.0 Å². The van der Waals surface area contributed by atoms with Gasteiger partial charge in [0.1, 0.15) is 6.04 Å². The van der Waals surface area contributed by atoms with E-state index in [1.165, 1.54) is 24.7 Å². The molecule has 1 aliphatic rings. The molecular weight excluding hydrogens is 522 g/mol. The molecule has 208 valence electrons. The van der Waals surface area contributed by atoms with E-state index in [1.807, 2.05) is 12.1 Å². The van der Waals surface area contributed by atoms with Gasteiger partial charge >= 0.3 is 0 Å². The van der Waals surface area contributed by atoms with Gasteiger partial charge in [0.15, 0.2) is 0 Å². The van der Waals surface area contributed by atoms with E-state index in [0.29, 0.717) is 23.7 Å². The van der Waals surface area contributed by atoms with Gasteiger partial charge in [-0.1, -0.05) is 51.3 Å². The smallest absolute Gasteiger partial charge is 0.247 e. The van der Waals surface area contributed by atoms with Crippen LogP contribution in [0.1, 0.15) is 57.9 Å². The standard InChI is InChI=1S/C28H40ClN5O3S/c1-5-34(6-2)17-18(3)27(36)30-16-24(20-10-8-7-9-11-20)33-28(37)23(31-19(4)35)15-26-32-22-13-12-21(29)14-25(22)38-26/h12-14,20,23-24H,3,5-11,15-17H2,1-2,4H3,(H,30,36)(H,31,35)(H,33,37)/t23-,24+/m0/s1. The van der Waals surface area contributed by atoms with Crippen LogP contribution in [0.5, 0.6) is 0 Å². The second-order valence-electron chi connectivity index (χ2n) is 9.97. The number of thiazole rings is 1. The Labute approximate surface area is 234 Å². The highest BCUT2D eigenvalue weighted by Crippen LogP contribution is 2.28. The zero-order valence-corrected chi connectivity index (χ0v) is 24.2. The molecule has 1 heterocycles. The van der Waals surface area contributed by atoms with Gasteiger partial charge in [-0.3, -0.25) is 19.3 Å². The first kappa shape index (κ1) is 30.1. The van der Waals surface area contributed by atoms with Gasteiger partial charge in [0.2, 0.25) is 17.7 Å². The van der Waals surface area contributed by atoms with E-state index >= 15 is 0 Å². The molecule has 0 saturated heterocycles. The highest BCUT2D eigenvalue weighted by molar-refractivity contribution is 7.18. The lowest BCUT2D eigenvalue weighted by Gasteiger charge is -2.32. The zero-order valence-electron chi connectivity index (χ0n) is 22.6. The molecule has 3 rings (SSSR count). The van der Waals surface area contributed by atoms with Crippen LogP contribution in [-0.4, -0.2) is 65.9 Å². The normalized spacial score (nSPS) is 15.7. The molecular formula is C28H40ClN5O3S. The van der Waals surface area contributed by atoms with E-state index in [9.17, 15) is 14.4 Å². The van der Waals surface area contributed by atoms with Gasteiger partial charge in [-0.15, -0.1) is 11.3 Å². The number of aromatic nitrogens is 1. The van der Waals surface area contributed by atoms with Crippen LogP contribution in [0.3, 0.4) is 0 Å². The summed E-state index contributed by atoms with van der Waals surface area (Å²) in [7, 11) is 0. The minimum absolute atomic E-state index is 0.196. The van der Waals surface area contributed by atoms with Gasteiger partial charge in [0.05, 0.1) is 15.2 Å². The topological polar surface area (TPSA) is 103 Å². The summed E-state index contributed by atoms with van der Waals surface area (Å²) in [6, 6.07) is 4.47. The quantitative estimate of drug-likeness (QED) is 0.320. The third kappa shape index (κ3) is 8.78. The molecule has 3 amide bonds. The monoisotopic (exact) mass is 561 g/mol. The first-order valence-electron chi connectivity index (χ1n) is 13.5. The molecule has 0 unspecified atom stereocenters. The highest BCUT2D eigenvalue weighted by atomic mass is 35.5. The lowest BCUT2D eigenvalue weighted by molar-refractivity contribution is -0.129. The average Bonchev–Trinajstić information content (AvgIpc) is 3.30. The largest absolute Gasteiger partial charge is 0.350 e. The number of rotatable bonds is 13. The number of nitrogens with zero attached hydrogens (tertiary/aromatic N) is 2. The Balaban J connectivity index is 1.70. The molecule has 1 aliphatic carbocycles. The number of benzene rings is 1. The summed E-state index contributed by atoms with van der Waals surface area (Å²) in [5, 5.41) is 10.3. The van der Waals surface area contributed by atoms with Crippen molar-refractivity contribution in [2.75, 3.05) is 26.2 Å². The maximum absolute atomic E-state index is 13.5. The van der Waals surface area contributed by atoms with Crippen LogP contribution >= 0.6 is 22.9 Å². The third-order valence-electron chi connectivity index (χ3n) is 7.13. The number of likely N-dealkylation sites (N-methyl/N-ethyl adjacent to an activating group) is 1. The Bertz CT molecular complexity index is 1130. The number of carbonyl (C=O) groups excluding carboxylic acids is 3. The minimum Gasteiger partial charge on any atom is -0.350 e. The highest BCUT2D eigenvalue weighted by Gasteiger charge is 2.29. The zero-order chi connectivity index (χ0) is 27.7. The number of nitrogens with one attached hydrogen (secondary N) is 3. The molecule has 0 aliphatic heterocycles. The van der Waals surface area contributed by atoms with Crippen LogP contribution in [-0.2, 0) is 20.8 Å². The maximum Gasteiger partial charge on any atom is 0.247 e. The predicted octanol–water partition coefficient (Wildman–Crippen LogP) is 4.08. The molecule has 1 fully saturated rings. The summed E-state index contributed by atoms with van der Waals surface area (Å²) in [6.45, 7) is 12.0. The van der Waals surface area contributed by atoms with Gasteiger partial charge in [0.25, 0.3) is 0 Å². The van der Waals surface area contributed by atoms with E-state index < -0.39 is 6.04 Å². The summed E-state index contributed by atoms with van der Waals surface area (Å²) in [5.41, 5.74) is 1.32. The van der Waals surface area contributed by atoms with Crippen molar-refractivity contribution in [3.05, 3.63) is 40.4 Å². The number of amides is 3. The molecule has 8 nitrogen and oxygen atoms in total. The van der Waals surface area contributed by atoms with Gasteiger partial charge in [-0.25, -0.2) is 4.98 Å². The Kier molecular flexibility index (Phi) is 11.6. The molecule has 2 aromatic rings. The molecule has 10 heteroatoms. The van der Waals surface area contributed by atoms with Gasteiger partial charge in [0, 0.05) is 43.1 Å². The Morgan fingerprint density at radius 3 is 2.53 bits per heavy atom. The van der Waals surface area contributed by atoms with E-state index in [-0.39, 0.29) is 36.1 Å². The van der Waals surface area contributed by atoms with Crippen molar-refractivity contribution in [2.45, 2.75) is 71.4 Å². The molecule has 0 bridgehead atoms. The molecule has 38 heavy (non-hydrogen) atoms. The first-order valence-corrected chi connectivity index (χ1v) is 14.7. The van der Waals surface area contributed by atoms with Crippen LogP contribution in [0.2, 0.25) is 5.02 Å². The predicted molar refractivity (Wildman–Crippen MR) is 154 cm³/mol. The summed E-state index contributed by atoms with van der Waals surface area (Å²) in [6.07, 6.45) is 5.63. The first-order chi connectivity index (χ1) is 18.2. The fraction of sp³-hybridized carbons (Fsp3) is 0.571. The number of fused-ring (bicyclic) bond motifs is 1. The van der Waals surface area contributed by atoms with Crippen molar-refractivity contribution in [3.8, 4) is 0 Å². The molecule has 1 aromatic heterocycles. The average molecular weight is 562 g/mol. The van der Waals surface area contributed by atoms with Crippen LogP contribution in [0, 0.1) is 5.92 Å². The summed E-state index contributed by atoms with van der Waals surface area (Å²) in [4.78, 5) is 45.0. The maximum atomic E-state index is 13.5. The SMILES string of the molecule is C=C(CN(CC)CC)C(=O)NC[C@@H](NC(=O)[C@H](Cc1nc2ccc(Cl)cc2s1)NC(C)=O)C1CCCCC1. The van der Waals surface area contributed by atoms with E-state index in [0.717, 1.165) is 54.0 Å². The Morgan fingerprint density at radius 1 is 1.16 bits per heavy atom. The summed E-state index contributed by atoms with van der Waals surface area (Å²) >= 11 is 7.57. The Hall–Kier alpha value is -2.49. The molecule has 0 spiro atoms. The van der Waals surface area contributed by atoms with E-state index in [2.05, 4.69) is 46.3 Å². The number of hydrogen-bond donors (Lipinski definition) is 3. The lowest BCUT2D eigenvalue weighted by atomic mass is 9.83. The molecule has 1 saturated carbocycles. The second-order valence-corrected chi connectivity index (χ2v) is 11.5. The molecule has 0 radical (unpaired) electrons. The second kappa shape index (κ2) is 14.6. The van der Waals surface area contributed by atoms with Gasteiger partial charge < -0.3 is 16.0 Å². The van der Waals surface area contributed by atoms with Crippen molar-refractivity contribution in [1.29, 1.82) is 0 Å². The molecule has 2 atom stereocenters. The summed E-state index contributed by atoms with van der Waals surface area (Å²) < 4.78 is 0.933. The fourth-order valence-electron chi connectivity index (χ4n) is 4.93. The van der Waals surface area contributed by atoms with E-state index in [4.69, 9.17) is 11.6 Å². The van der Waals surface area contributed by atoms with Crippen molar-refractivity contribution in [3.63, 3.8) is 0 Å². The number of carbonyl (C=O) groups is 3. The minimum atomic E-state index is -0.775. The van der Waals surface area contributed by atoms with Crippen molar-refractivity contribution in [1.82, 2.24) is 25.8 Å². The van der Waals surface area contributed by atoms with Crippen LogP contribution in [0.15, 0.2) is 30.4 Å². The van der Waals surface area contributed by atoms with Crippen LogP contribution in [0.4, 0.5) is 0 Å². The number of hydrogen-bond acceptors (Lipinski definition) is 6. The molecule has 1 aromatic carbocycles. The van der Waals surface area contributed by atoms with Gasteiger partial charge in [-0.2, -0.15) is 0 Å². The van der Waals surface area contributed by atoms with Crippen LogP contribution in [0.25, 0.3) is 10.2 Å².